The lowest BCUT2D eigenvalue weighted by atomic mass is 10.1. The van der Waals surface area contributed by atoms with Crippen LogP contribution in [0.15, 0.2) is 29.1 Å². The highest BCUT2D eigenvalue weighted by atomic mass is 32.1. The van der Waals surface area contributed by atoms with Gasteiger partial charge in [0.15, 0.2) is 0 Å². The SMILES string of the molecule is Nc1cccc2c1CN(Cc1cscn1)C2. The van der Waals surface area contributed by atoms with Crippen LogP contribution in [-0.2, 0) is 19.6 Å². The lowest BCUT2D eigenvalue weighted by Gasteiger charge is -2.12. The molecule has 0 aliphatic carbocycles. The lowest BCUT2D eigenvalue weighted by Crippen LogP contribution is -2.15. The molecule has 0 saturated carbocycles. The van der Waals surface area contributed by atoms with Crippen LogP contribution in [0, 0.1) is 0 Å². The first kappa shape index (κ1) is 9.81. The quantitative estimate of drug-likeness (QED) is 0.806. The van der Waals surface area contributed by atoms with E-state index >= 15 is 0 Å². The summed E-state index contributed by atoms with van der Waals surface area (Å²) < 4.78 is 0. The van der Waals surface area contributed by atoms with E-state index < -0.39 is 0 Å². The van der Waals surface area contributed by atoms with Crippen molar-refractivity contribution in [2.75, 3.05) is 5.73 Å². The van der Waals surface area contributed by atoms with E-state index in [0.717, 1.165) is 31.0 Å². The summed E-state index contributed by atoms with van der Waals surface area (Å²) in [6, 6.07) is 6.17. The van der Waals surface area contributed by atoms with Crippen molar-refractivity contribution in [2.24, 2.45) is 0 Å². The molecular weight excluding hydrogens is 218 g/mol. The number of nitrogen functional groups attached to an aromatic ring is 1. The summed E-state index contributed by atoms with van der Waals surface area (Å²) >= 11 is 1.65. The molecule has 0 amide bonds. The molecular formula is C12H13N3S. The van der Waals surface area contributed by atoms with Crippen molar-refractivity contribution in [1.82, 2.24) is 9.88 Å². The summed E-state index contributed by atoms with van der Waals surface area (Å²) in [5.74, 6) is 0. The second-order valence-corrected chi connectivity index (χ2v) is 4.83. The number of aromatic nitrogens is 1. The summed E-state index contributed by atoms with van der Waals surface area (Å²) in [6.45, 7) is 2.84. The minimum Gasteiger partial charge on any atom is -0.398 e. The van der Waals surface area contributed by atoms with E-state index in [1.807, 2.05) is 17.6 Å². The Balaban J connectivity index is 1.78. The Kier molecular flexibility index (Phi) is 2.38. The zero-order valence-electron chi connectivity index (χ0n) is 8.89. The third-order valence-corrected chi connectivity index (χ3v) is 3.59. The fourth-order valence-corrected chi connectivity index (χ4v) is 2.72. The van der Waals surface area contributed by atoms with Gasteiger partial charge in [-0.15, -0.1) is 11.3 Å². The van der Waals surface area contributed by atoms with Crippen LogP contribution >= 0.6 is 11.3 Å². The summed E-state index contributed by atoms with van der Waals surface area (Å²) in [4.78, 5) is 6.68. The smallest absolute Gasteiger partial charge is 0.0795 e. The van der Waals surface area contributed by atoms with Gasteiger partial charge in [0.2, 0.25) is 0 Å². The van der Waals surface area contributed by atoms with Crippen LogP contribution in [-0.4, -0.2) is 9.88 Å². The van der Waals surface area contributed by atoms with Gasteiger partial charge in [0.25, 0.3) is 0 Å². The molecule has 0 radical (unpaired) electrons. The van der Waals surface area contributed by atoms with Gasteiger partial charge in [-0.25, -0.2) is 4.98 Å². The standard InChI is InChI=1S/C12H13N3S/c13-12-3-1-2-9-4-15(6-11(9)12)5-10-7-16-8-14-10/h1-3,7-8H,4-6,13H2. The second-order valence-electron chi connectivity index (χ2n) is 4.11. The highest BCUT2D eigenvalue weighted by Crippen LogP contribution is 2.28. The van der Waals surface area contributed by atoms with Crippen molar-refractivity contribution < 1.29 is 0 Å². The number of nitrogens with zero attached hydrogens (tertiary/aromatic N) is 2. The molecule has 2 aromatic rings. The van der Waals surface area contributed by atoms with Gasteiger partial charge >= 0.3 is 0 Å². The normalized spacial score (nSPS) is 15.2. The fourth-order valence-electron chi connectivity index (χ4n) is 2.17. The van der Waals surface area contributed by atoms with E-state index in [9.17, 15) is 0 Å². The number of thiazole rings is 1. The van der Waals surface area contributed by atoms with E-state index in [1.54, 1.807) is 11.3 Å². The van der Waals surface area contributed by atoms with E-state index in [-0.39, 0.29) is 0 Å². The molecule has 1 aromatic heterocycles. The molecule has 3 nitrogen and oxygen atoms in total. The highest BCUT2D eigenvalue weighted by molar-refractivity contribution is 7.07. The summed E-state index contributed by atoms with van der Waals surface area (Å²) in [5, 5.41) is 2.10. The number of hydrogen-bond donors (Lipinski definition) is 1. The summed E-state index contributed by atoms with van der Waals surface area (Å²) in [7, 11) is 0. The van der Waals surface area contributed by atoms with Gasteiger partial charge in [-0.2, -0.15) is 0 Å². The topological polar surface area (TPSA) is 42.1 Å². The number of benzene rings is 1. The molecule has 2 heterocycles. The maximum Gasteiger partial charge on any atom is 0.0795 e. The summed E-state index contributed by atoms with van der Waals surface area (Å²) in [5.41, 5.74) is 12.6. The number of nitrogens with two attached hydrogens (primary N) is 1. The Bertz CT molecular complexity index is 493. The molecule has 0 spiro atoms. The Labute approximate surface area is 98.5 Å². The molecule has 4 heteroatoms. The molecule has 16 heavy (non-hydrogen) atoms. The molecule has 0 bridgehead atoms. The van der Waals surface area contributed by atoms with E-state index in [1.165, 1.54) is 11.1 Å². The van der Waals surface area contributed by atoms with Crippen LogP contribution < -0.4 is 5.73 Å². The number of anilines is 1. The molecule has 82 valence electrons. The Morgan fingerprint density at radius 2 is 2.31 bits per heavy atom. The van der Waals surface area contributed by atoms with Crippen LogP contribution in [0.2, 0.25) is 0 Å². The molecule has 2 N–H and O–H groups in total. The Morgan fingerprint density at radius 1 is 1.38 bits per heavy atom. The predicted molar refractivity (Wildman–Crippen MR) is 65.9 cm³/mol. The molecule has 0 saturated heterocycles. The molecule has 1 aliphatic rings. The fraction of sp³-hybridized carbons (Fsp3) is 0.250. The minimum absolute atomic E-state index is 0.914. The zero-order valence-corrected chi connectivity index (χ0v) is 9.70. The molecule has 0 unspecified atom stereocenters. The van der Waals surface area contributed by atoms with Crippen LogP contribution in [0.4, 0.5) is 5.69 Å². The molecule has 1 aliphatic heterocycles. The minimum atomic E-state index is 0.914. The summed E-state index contributed by atoms with van der Waals surface area (Å²) in [6.07, 6.45) is 0. The van der Waals surface area contributed by atoms with Gasteiger partial charge in [0, 0.05) is 30.7 Å². The molecule has 0 fully saturated rings. The Hall–Kier alpha value is -1.39. The van der Waals surface area contributed by atoms with Crippen LogP contribution in [0.5, 0.6) is 0 Å². The van der Waals surface area contributed by atoms with Crippen molar-refractivity contribution in [2.45, 2.75) is 19.6 Å². The lowest BCUT2D eigenvalue weighted by molar-refractivity contribution is 0.273. The van der Waals surface area contributed by atoms with Crippen molar-refractivity contribution in [1.29, 1.82) is 0 Å². The van der Waals surface area contributed by atoms with Crippen molar-refractivity contribution >= 4 is 17.0 Å². The third kappa shape index (κ3) is 1.70. The van der Waals surface area contributed by atoms with Crippen molar-refractivity contribution in [3.8, 4) is 0 Å². The highest BCUT2D eigenvalue weighted by Gasteiger charge is 2.20. The van der Waals surface area contributed by atoms with Crippen LogP contribution in [0.25, 0.3) is 0 Å². The van der Waals surface area contributed by atoms with Gasteiger partial charge in [0.05, 0.1) is 11.2 Å². The maximum absolute atomic E-state index is 5.97. The number of fused-ring (bicyclic) bond motifs is 1. The van der Waals surface area contributed by atoms with Gasteiger partial charge in [-0.1, -0.05) is 12.1 Å². The van der Waals surface area contributed by atoms with Gasteiger partial charge in [0.1, 0.15) is 0 Å². The van der Waals surface area contributed by atoms with Crippen LogP contribution in [0.3, 0.4) is 0 Å². The Morgan fingerprint density at radius 3 is 3.06 bits per heavy atom. The van der Waals surface area contributed by atoms with Gasteiger partial charge in [-0.05, 0) is 17.2 Å². The molecule has 0 atom stereocenters. The largest absolute Gasteiger partial charge is 0.398 e. The first-order valence-electron chi connectivity index (χ1n) is 5.28. The van der Waals surface area contributed by atoms with E-state index in [4.69, 9.17) is 5.73 Å². The van der Waals surface area contributed by atoms with Crippen molar-refractivity contribution in [3.63, 3.8) is 0 Å². The monoisotopic (exact) mass is 231 g/mol. The first-order valence-corrected chi connectivity index (χ1v) is 6.23. The van der Waals surface area contributed by atoms with Gasteiger partial charge < -0.3 is 5.73 Å². The number of hydrogen-bond acceptors (Lipinski definition) is 4. The van der Waals surface area contributed by atoms with Gasteiger partial charge in [-0.3, -0.25) is 4.90 Å². The van der Waals surface area contributed by atoms with E-state index in [0.29, 0.717) is 0 Å². The average molecular weight is 231 g/mol. The number of rotatable bonds is 2. The molecule has 1 aromatic carbocycles. The predicted octanol–water partition coefficient (Wildman–Crippen LogP) is 2.24. The third-order valence-electron chi connectivity index (χ3n) is 2.95. The average Bonchev–Trinajstić information content (AvgIpc) is 2.88. The zero-order chi connectivity index (χ0) is 11.0. The molecule has 3 rings (SSSR count). The van der Waals surface area contributed by atoms with Crippen LogP contribution in [0.1, 0.15) is 16.8 Å². The van der Waals surface area contributed by atoms with E-state index in [2.05, 4.69) is 21.3 Å². The van der Waals surface area contributed by atoms with Crippen molar-refractivity contribution in [3.05, 3.63) is 45.9 Å². The second kappa shape index (κ2) is 3.88. The first-order chi connectivity index (χ1) is 7.83. The maximum atomic E-state index is 5.97.